The highest BCUT2D eigenvalue weighted by Gasteiger charge is 2.30. The van der Waals surface area contributed by atoms with Crippen molar-refractivity contribution in [2.24, 2.45) is 0 Å². The summed E-state index contributed by atoms with van der Waals surface area (Å²) in [4.78, 5) is 4.51. The van der Waals surface area contributed by atoms with Gasteiger partial charge in [-0.15, -0.1) is 0 Å². The second-order valence-corrected chi connectivity index (χ2v) is 5.29. The van der Waals surface area contributed by atoms with Gasteiger partial charge in [0.2, 0.25) is 0 Å². The number of aryl methyl sites for hydroxylation is 1. The van der Waals surface area contributed by atoms with Crippen LogP contribution in [-0.2, 0) is 6.54 Å². The van der Waals surface area contributed by atoms with Crippen LogP contribution in [0.25, 0.3) is 0 Å². The van der Waals surface area contributed by atoms with Crippen LogP contribution in [-0.4, -0.2) is 64.5 Å². The van der Waals surface area contributed by atoms with Gasteiger partial charge in [0.15, 0.2) is 0 Å². The molecule has 0 spiro atoms. The Balaban J connectivity index is 2.06. The van der Waals surface area contributed by atoms with Gasteiger partial charge in [0, 0.05) is 37.9 Å². The number of aromatic nitrogens is 2. The van der Waals surface area contributed by atoms with Crippen molar-refractivity contribution in [1.82, 2.24) is 19.6 Å². The molecule has 5 heteroatoms. The lowest BCUT2D eigenvalue weighted by atomic mass is 10.0. The van der Waals surface area contributed by atoms with E-state index in [0.717, 1.165) is 38.2 Å². The molecule has 1 aromatic rings. The second-order valence-electron chi connectivity index (χ2n) is 5.29. The van der Waals surface area contributed by atoms with Crippen molar-refractivity contribution >= 4 is 0 Å². The molecule has 2 rings (SSSR count). The van der Waals surface area contributed by atoms with Crippen LogP contribution in [0, 0.1) is 0 Å². The SMILES string of the molecule is CCCn1cc(C(O)C2CN(C)CCN2C)cn1. The molecule has 18 heavy (non-hydrogen) atoms. The summed E-state index contributed by atoms with van der Waals surface area (Å²) >= 11 is 0. The van der Waals surface area contributed by atoms with Gasteiger partial charge in [-0.2, -0.15) is 5.10 Å². The average Bonchev–Trinajstić information content (AvgIpc) is 2.80. The highest BCUT2D eigenvalue weighted by molar-refractivity contribution is 5.11. The number of aliphatic hydroxyl groups is 1. The first-order valence-corrected chi connectivity index (χ1v) is 6.71. The minimum absolute atomic E-state index is 0.156. The lowest BCUT2D eigenvalue weighted by Crippen LogP contribution is -2.52. The summed E-state index contributed by atoms with van der Waals surface area (Å²) in [7, 11) is 4.19. The van der Waals surface area contributed by atoms with E-state index in [2.05, 4.69) is 35.9 Å². The fourth-order valence-electron chi connectivity index (χ4n) is 2.49. The molecule has 1 aliphatic rings. The molecule has 102 valence electrons. The van der Waals surface area contributed by atoms with Crippen LogP contribution in [0.5, 0.6) is 0 Å². The number of likely N-dealkylation sites (N-methyl/N-ethyl adjacent to an activating group) is 2. The third kappa shape index (κ3) is 2.91. The standard InChI is InChI=1S/C13H24N4O/c1-4-5-17-9-11(8-14-17)13(18)12-10-15(2)6-7-16(12)3/h8-9,12-13,18H,4-7,10H2,1-3H3. The summed E-state index contributed by atoms with van der Waals surface area (Å²) in [5, 5.41) is 14.8. The number of rotatable bonds is 4. The van der Waals surface area contributed by atoms with Crippen LogP contribution < -0.4 is 0 Å². The molecule has 2 atom stereocenters. The highest BCUT2D eigenvalue weighted by Crippen LogP contribution is 2.22. The summed E-state index contributed by atoms with van der Waals surface area (Å²) in [5.74, 6) is 0. The van der Waals surface area contributed by atoms with Crippen LogP contribution in [0.4, 0.5) is 0 Å². The molecule has 0 bridgehead atoms. The fourth-order valence-corrected chi connectivity index (χ4v) is 2.49. The van der Waals surface area contributed by atoms with E-state index in [1.807, 2.05) is 10.9 Å². The monoisotopic (exact) mass is 252 g/mol. The van der Waals surface area contributed by atoms with Gasteiger partial charge in [-0.25, -0.2) is 0 Å². The van der Waals surface area contributed by atoms with Crippen molar-refractivity contribution in [1.29, 1.82) is 0 Å². The Morgan fingerprint density at radius 2 is 2.22 bits per heavy atom. The van der Waals surface area contributed by atoms with Crippen LogP contribution in [0.2, 0.25) is 0 Å². The van der Waals surface area contributed by atoms with E-state index in [9.17, 15) is 5.11 Å². The minimum Gasteiger partial charge on any atom is -0.387 e. The molecule has 0 saturated carbocycles. The van der Waals surface area contributed by atoms with Gasteiger partial charge in [-0.3, -0.25) is 9.58 Å². The molecule has 0 radical (unpaired) electrons. The molecule has 2 unspecified atom stereocenters. The predicted molar refractivity (Wildman–Crippen MR) is 71.4 cm³/mol. The molecule has 1 saturated heterocycles. The van der Waals surface area contributed by atoms with Crippen molar-refractivity contribution in [2.45, 2.75) is 32.0 Å². The van der Waals surface area contributed by atoms with Crippen LogP contribution in [0.3, 0.4) is 0 Å². The first kappa shape index (κ1) is 13.5. The Labute approximate surface area is 109 Å². The molecule has 0 aromatic carbocycles. The molecule has 1 N–H and O–H groups in total. The third-order valence-electron chi connectivity index (χ3n) is 3.71. The van der Waals surface area contributed by atoms with E-state index in [-0.39, 0.29) is 6.04 Å². The smallest absolute Gasteiger partial charge is 0.0987 e. The fraction of sp³-hybridized carbons (Fsp3) is 0.769. The molecular weight excluding hydrogens is 228 g/mol. The first-order valence-electron chi connectivity index (χ1n) is 6.71. The number of aliphatic hydroxyl groups excluding tert-OH is 1. The normalized spacial score (nSPS) is 24.3. The quantitative estimate of drug-likeness (QED) is 0.851. The predicted octanol–water partition coefficient (Wildman–Crippen LogP) is 0.572. The lowest BCUT2D eigenvalue weighted by Gasteiger charge is -2.39. The van der Waals surface area contributed by atoms with Crippen molar-refractivity contribution in [3.63, 3.8) is 0 Å². The molecule has 0 aliphatic carbocycles. The summed E-state index contributed by atoms with van der Waals surface area (Å²) in [6.45, 7) is 6.00. The molecule has 2 heterocycles. The Morgan fingerprint density at radius 1 is 1.44 bits per heavy atom. The Hall–Kier alpha value is -0.910. The molecule has 5 nitrogen and oxygen atoms in total. The van der Waals surface area contributed by atoms with E-state index in [4.69, 9.17) is 0 Å². The molecule has 1 fully saturated rings. The van der Waals surface area contributed by atoms with Gasteiger partial charge in [-0.05, 0) is 20.5 Å². The van der Waals surface area contributed by atoms with Crippen molar-refractivity contribution in [3.8, 4) is 0 Å². The Kier molecular flexibility index (Phi) is 4.37. The van der Waals surface area contributed by atoms with Gasteiger partial charge in [0.1, 0.15) is 0 Å². The summed E-state index contributed by atoms with van der Waals surface area (Å²) in [5.41, 5.74) is 0.926. The molecular formula is C13H24N4O. The highest BCUT2D eigenvalue weighted by atomic mass is 16.3. The molecule has 0 amide bonds. The Morgan fingerprint density at radius 3 is 2.94 bits per heavy atom. The minimum atomic E-state index is -0.455. The van der Waals surface area contributed by atoms with Gasteiger partial charge >= 0.3 is 0 Å². The van der Waals surface area contributed by atoms with Gasteiger partial charge in [-0.1, -0.05) is 6.92 Å². The largest absolute Gasteiger partial charge is 0.387 e. The summed E-state index contributed by atoms with van der Waals surface area (Å²) < 4.78 is 1.91. The van der Waals surface area contributed by atoms with Crippen molar-refractivity contribution in [2.75, 3.05) is 33.7 Å². The molecule has 1 aliphatic heterocycles. The second kappa shape index (κ2) is 5.82. The van der Waals surface area contributed by atoms with E-state index in [1.165, 1.54) is 0 Å². The maximum atomic E-state index is 10.5. The van der Waals surface area contributed by atoms with E-state index in [0.29, 0.717) is 0 Å². The van der Waals surface area contributed by atoms with Gasteiger partial charge in [0.05, 0.1) is 18.3 Å². The zero-order valence-electron chi connectivity index (χ0n) is 11.6. The number of nitrogens with zero attached hydrogens (tertiary/aromatic N) is 4. The zero-order valence-corrected chi connectivity index (χ0v) is 11.6. The molecule has 1 aromatic heterocycles. The zero-order chi connectivity index (χ0) is 13.1. The lowest BCUT2D eigenvalue weighted by molar-refractivity contribution is 0.0138. The topological polar surface area (TPSA) is 44.5 Å². The van der Waals surface area contributed by atoms with Gasteiger partial charge < -0.3 is 10.0 Å². The van der Waals surface area contributed by atoms with E-state index in [1.54, 1.807) is 6.20 Å². The van der Waals surface area contributed by atoms with Gasteiger partial charge in [0.25, 0.3) is 0 Å². The number of hydrogen-bond acceptors (Lipinski definition) is 4. The van der Waals surface area contributed by atoms with Crippen LogP contribution in [0.15, 0.2) is 12.4 Å². The summed E-state index contributed by atoms with van der Waals surface area (Å²) in [6, 6.07) is 0.156. The maximum absolute atomic E-state index is 10.5. The first-order chi connectivity index (χ1) is 8.61. The van der Waals surface area contributed by atoms with Crippen molar-refractivity contribution < 1.29 is 5.11 Å². The number of piperazine rings is 1. The average molecular weight is 252 g/mol. The maximum Gasteiger partial charge on any atom is 0.0987 e. The third-order valence-corrected chi connectivity index (χ3v) is 3.71. The van der Waals surface area contributed by atoms with Crippen molar-refractivity contribution in [3.05, 3.63) is 18.0 Å². The van der Waals surface area contributed by atoms with Crippen LogP contribution >= 0.6 is 0 Å². The van der Waals surface area contributed by atoms with E-state index < -0.39 is 6.10 Å². The van der Waals surface area contributed by atoms with E-state index >= 15 is 0 Å². The van der Waals surface area contributed by atoms with Crippen LogP contribution in [0.1, 0.15) is 25.0 Å². The number of hydrogen-bond donors (Lipinski definition) is 1. The summed E-state index contributed by atoms with van der Waals surface area (Å²) in [6.07, 6.45) is 4.37. The Bertz CT molecular complexity index is 379.